The Kier molecular flexibility index (Phi) is 8.47. The molecule has 214 valence electrons. The van der Waals surface area contributed by atoms with Crippen LogP contribution in [0.2, 0.25) is 0 Å². The van der Waals surface area contributed by atoms with Gasteiger partial charge in [-0.2, -0.15) is 4.31 Å². The molecule has 13 heteroatoms. The Morgan fingerprint density at radius 2 is 1.78 bits per heavy atom. The van der Waals surface area contributed by atoms with E-state index in [-0.39, 0.29) is 50.1 Å². The lowest BCUT2D eigenvalue weighted by molar-refractivity contribution is 0.0933. The molecule has 41 heavy (non-hydrogen) atoms. The summed E-state index contributed by atoms with van der Waals surface area (Å²) in [4.78, 5) is 37.8. The third kappa shape index (κ3) is 6.01. The van der Waals surface area contributed by atoms with Crippen LogP contribution in [0.15, 0.2) is 71.9 Å². The minimum atomic E-state index is -3.81. The maximum absolute atomic E-state index is 13.8. The quantitative estimate of drug-likeness (QED) is 0.300. The topological polar surface area (TPSA) is 122 Å². The highest BCUT2D eigenvalue weighted by Crippen LogP contribution is 2.35. The van der Waals surface area contributed by atoms with Crippen molar-refractivity contribution in [3.05, 3.63) is 78.1 Å². The standard InChI is InChI=1S/C28H29N5O6S2/c1-3-39-28(35)31-14-16-32(17-15-31)41(36,37)22-11-9-21(10-12-22)26(34)33(19-20-6-5-13-29-18-20)27-30-25-23(38-2)7-4-8-24(25)40-27/h4-13,18H,3,14-17,19H2,1-2H3. The molecule has 1 saturated heterocycles. The summed E-state index contributed by atoms with van der Waals surface area (Å²) in [7, 11) is -2.24. The smallest absolute Gasteiger partial charge is 0.409 e. The van der Waals surface area contributed by atoms with E-state index in [1.54, 1.807) is 37.4 Å². The molecule has 0 radical (unpaired) electrons. The molecule has 0 spiro atoms. The van der Waals surface area contributed by atoms with Gasteiger partial charge in [-0.05, 0) is 55.0 Å². The summed E-state index contributed by atoms with van der Waals surface area (Å²) >= 11 is 1.36. The van der Waals surface area contributed by atoms with Gasteiger partial charge in [0.1, 0.15) is 11.3 Å². The van der Waals surface area contributed by atoms with Gasteiger partial charge in [-0.25, -0.2) is 18.2 Å². The normalized spacial score (nSPS) is 14.1. The lowest BCUT2D eigenvalue weighted by atomic mass is 10.2. The second-order valence-corrected chi connectivity index (χ2v) is 12.1. The fourth-order valence-electron chi connectivity index (χ4n) is 4.49. The molecule has 4 aromatic rings. The third-order valence-electron chi connectivity index (χ3n) is 6.63. The van der Waals surface area contributed by atoms with E-state index in [0.717, 1.165) is 10.3 Å². The molecule has 2 aromatic heterocycles. The number of carbonyl (C=O) groups excluding carboxylic acids is 2. The number of fused-ring (bicyclic) bond motifs is 1. The number of hydrogen-bond donors (Lipinski definition) is 0. The van der Waals surface area contributed by atoms with E-state index < -0.39 is 16.1 Å². The Labute approximate surface area is 242 Å². The number of hydrogen-bond acceptors (Lipinski definition) is 9. The van der Waals surface area contributed by atoms with Crippen LogP contribution in [-0.2, 0) is 21.3 Å². The molecule has 3 heterocycles. The number of methoxy groups -OCH3 is 1. The number of pyridine rings is 1. The summed E-state index contributed by atoms with van der Waals surface area (Å²) in [6.07, 6.45) is 2.90. The first-order chi connectivity index (χ1) is 19.8. The zero-order valence-corrected chi connectivity index (χ0v) is 24.2. The lowest BCUT2D eigenvalue weighted by Crippen LogP contribution is -2.50. The van der Waals surface area contributed by atoms with Crippen molar-refractivity contribution < 1.29 is 27.5 Å². The fraction of sp³-hybridized carbons (Fsp3) is 0.286. The molecule has 1 fully saturated rings. The lowest BCUT2D eigenvalue weighted by Gasteiger charge is -2.33. The van der Waals surface area contributed by atoms with Gasteiger partial charge in [0.2, 0.25) is 10.0 Å². The molecule has 0 bridgehead atoms. The Morgan fingerprint density at radius 1 is 1.02 bits per heavy atom. The molecular weight excluding hydrogens is 566 g/mol. The average molecular weight is 596 g/mol. The summed E-state index contributed by atoms with van der Waals surface area (Å²) in [5.74, 6) is 0.273. The van der Waals surface area contributed by atoms with Crippen LogP contribution in [0.25, 0.3) is 10.2 Å². The van der Waals surface area contributed by atoms with Gasteiger partial charge in [-0.3, -0.25) is 14.7 Å². The first kappa shape index (κ1) is 28.5. The number of para-hydroxylation sites is 1. The number of amides is 2. The monoisotopic (exact) mass is 595 g/mol. The summed E-state index contributed by atoms with van der Waals surface area (Å²) < 4.78 is 39.3. The Morgan fingerprint density at radius 3 is 2.44 bits per heavy atom. The van der Waals surface area contributed by atoms with Gasteiger partial charge in [0, 0.05) is 44.1 Å². The van der Waals surface area contributed by atoms with Crippen LogP contribution in [0.4, 0.5) is 9.93 Å². The molecule has 0 aliphatic carbocycles. The van der Waals surface area contributed by atoms with Crippen LogP contribution >= 0.6 is 11.3 Å². The van der Waals surface area contributed by atoms with Crippen LogP contribution in [-0.4, -0.2) is 79.5 Å². The summed E-state index contributed by atoms with van der Waals surface area (Å²) in [6, 6.07) is 15.2. The Bertz CT molecular complexity index is 1640. The molecule has 2 aromatic carbocycles. The van der Waals surface area contributed by atoms with Crippen LogP contribution in [0.3, 0.4) is 0 Å². The van der Waals surface area contributed by atoms with Crippen molar-refractivity contribution >= 4 is 48.7 Å². The van der Waals surface area contributed by atoms with Crippen LogP contribution in [0.5, 0.6) is 5.75 Å². The maximum atomic E-state index is 13.8. The fourth-order valence-corrected chi connectivity index (χ4v) is 6.90. The number of carbonyl (C=O) groups is 2. The maximum Gasteiger partial charge on any atom is 0.409 e. The number of thiazole rings is 1. The SMILES string of the molecule is CCOC(=O)N1CCN(S(=O)(=O)c2ccc(C(=O)N(Cc3cccnc3)c3nc4c(OC)cccc4s3)cc2)CC1. The van der Waals surface area contributed by atoms with Crippen LogP contribution in [0, 0.1) is 0 Å². The first-order valence-electron chi connectivity index (χ1n) is 13.0. The van der Waals surface area contributed by atoms with Crippen molar-refractivity contribution in [2.24, 2.45) is 0 Å². The Hall–Kier alpha value is -4.07. The molecule has 5 rings (SSSR count). The van der Waals surface area contributed by atoms with Crippen LogP contribution < -0.4 is 9.64 Å². The highest BCUT2D eigenvalue weighted by atomic mass is 32.2. The van der Waals surface area contributed by atoms with Crippen LogP contribution in [0.1, 0.15) is 22.8 Å². The minimum Gasteiger partial charge on any atom is -0.494 e. The van der Waals surface area contributed by atoms with Crippen molar-refractivity contribution in [2.75, 3.05) is 44.8 Å². The van der Waals surface area contributed by atoms with Gasteiger partial charge in [0.25, 0.3) is 5.91 Å². The number of rotatable bonds is 8. The predicted molar refractivity (Wildman–Crippen MR) is 155 cm³/mol. The summed E-state index contributed by atoms with van der Waals surface area (Å²) in [5.41, 5.74) is 1.78. The molecule has 0 unspecified atom stereocenters. The number of anilines is 1. The first-order valence-corrected chi connectivity index (χ1v) is 15.2. The van der Waals surface area contributed by atoms with Gasteiger partial charge in [0.05, 0.1) is 29.9 Å². The van der Waals surface area contributed by atoms with Crippen molar-refractivity contribution in [3.8, 4) is 5.75 Å². The van der Waals surface area contributed by atoms with E-state index in [9.17, 15) is 18.0 Å². The molecule has 1 aliphatic rings. The van der Waals surface area contributed by atoms with Crippen molar-refractivity contribution in [2.45, 2.75) is 18.4 Å². The van der Waals surface area contributed by atoms with Gasteiger partial charge < -0.3 is 14.4 Å². The van der Waals surface area contributed by atoms with E-state index in [4.69, 9.17) is 14.5 Å². The number of sulfonamides is 1. The van der Waals surface area contributed by atoms with E-state index >= 15 is 0 Å². The number of benzene rings is 2. The largest absolute Gasteiger partial charge is 0.494 e. The number of aromatic nitrogens is 2. The van der Waals surface area contributed by atoms with Gasteiger partial charge in [0.15, 0.2) is 5.13 Å². The van der Waals surface area contributed by atoms with Crippen molar-refractivity contribution in [3.63, 3.8) is 0 Å². The number of piperazine rings is 1. The highest BCUT2D eigenvalue weighted by Gasteiger charge is 2.31. The second kappa shape index (κ2) is 12.2. The average Bonchev–Trinajstić information content (AvgIpc) is 3.45. The second-order valence-electron chi connectivity index (χ2n) is 9.17. The van der Waals surface area contributed by atoms with E-state index in [0.29, 0.717) is 22.0 Å². The zero-order valence-electron chi connectivity index (χ0n) is 22.6. The third-order valence-corrected chi connectivity index (χ3v) is 9.59. The van der Waals surface area contributed by atoms with E-state index in [1.807, 2.05) is 24.3 Å². The number of nitrogens with zero attached hydrogens (tertiary/aromatic N) is 5. The molecule has 2 amide bonds. The zero-order chi connectivity index (χ0) is 29.0. The minimum absolute atomic E-state index is 0.0715. The Balaban J connectivity index is 1.39. The van der Waals surface area contributed by atoms with Crippen molar-refractivity contribution in [1.82, 2.24) is 19.2 Å². The van der Waals surface area contributed by atoms with E-state index in [2.05, 4.69) is 4.98 Å². The molecule has 0 N–H and O–H groups in total. The van der Waals surface area contributed by atoms with E-state index in [1.165, 1.54) is 44.8 Å². The molecule has 11 nitrogen and oxygen atoms in total. The summed E-state index contributed by atoms with van der Waals surface area (Å²) in [6.45, 7) is 3.00. The summed E-state index contributed by atoms with van der Waals surface area (Å²) in [5, 5.41) is 0.481. The highest BCUT2D eigenvalue weighted by molar-refractivity contribution is 7.89. The molecule has 1 aliphatic heterocycles. The van der Waals surface area contributed by atoms with Gasteiger partial charge in [-0.1, -0.05) is 23.5 Å². The predicted octanol–water partition coefficient (Wildman–Crippen LogP) is 4.01. The van der Waals surface area contributed by atoms with Gasteiger partial charge in [-0.15, -0.1) is 0 Å². The van der Waals surface area contributed by atoms with Crippen molar-refractivity contribution in [1.29, 1.82) is 0 Å². The molecule has 0 atom stereocenters. The molecular formula is C28H29N5O6S2. The molecule has 0 saturated carbocycles. The number of ether oxygens (including phenoxy) is 2. The van der Waals surface area contributed by atoms with Gasteiger partial charge >= 0.3 is 6.09 Å².